The van der Waals surface area contributed by atoms with Gasteiger partial charge in [-0.2, -0.15) is 0 Å². The monoisotopic (exact) mass is 546 g/mol. The van der Waals surface area contributed by atoms with E-state index in [0.717, 1.165) is 12.1 Å². The number of halogens is 12. The second kappa shape index (κ2) is 8.67. The van der Waals surface area contributed by atoms with E-state index in [0.29, 0.717) is 18.2 Å². The fraction of sp³-hybridized carbons (Fsp3) is 0. The Bertz CT molecular complexity index is 1810. The molecule has 0 radical (unpaired) electrons. The summed E-state index contributed by atoms with van der Waals surface area (Å²) in [5.74, 6) is -26.9. The third-order valence-corrected chi connectivity index (χ3v) is 5.96. The molecule has 0 saturated heterocycles. The maximum atomic E-state index is 15.3. The first-order chi connectivity index (χ1) is 17.9. The second-order valence-corrected chi connectivity index (χ2v) is 7.99. The van der Waals surface area contributed by atoms with E-state index in [2.05, 4.69) is 0 Å². The van der Waals surface area contributed by atoms with Crippen LogP contribution in [0.15, 0.2) is 36.4 Å². The van der Waals surface area contributed by atoms with Crippen molar-refractivity contribution in [3.8, 4) is 22.3 Å². The molecule has 0 heterocycles. The molecule has 0 unspecified atom stereocenters. The van der Waals surface area contributed by atoms with Gasteiger partial charge in [0.05, 0.1) is 5.56 Å². The molecule has 0 aliphatic rings. The lowest BCUT2D eigenvalue weighted by molar-refractivity contribution is 0.381. The van der Waals surface area contributed by atoms with Gasteiger partial charge >= 0.3 is 0 Å². The summed E-state index contributed by atoms with van der Waals surface area (Å²) in [5, 5.41) is -5.01. The Morgan fingerprint density at radius 1 is 0.368 bits per heavy atom. The van der Waals surface area contributed by atoms with Crippen LogP contribution in [0, 0.1) is 69.8 Å². The predicted molar refractivity (Wildman–Crippen MR) is 112 cm³/mol. The zero-order chi connectivity index (χ0) is 27.8. The Morgan fingerprint density at radius 2 is 0.868 bits per heavy atom. The highest BCUT2D eigenvalue weighted by Gasteiger charge is 2.34. The molecule has 0 fully saturated rings. The topological polar surface area (TPSA) is 0 Å². The van der Waals surface area contributed by atoms with Crippen LogP contribution in [0.25, 0.3) is 43.8 Å². The molecule has 0 nitrogen and oxygen atoms in total. The highest BCUT2D eigenvalue weighted by atomic mass is 19.2. The van der Waals surface area contributed by atoms with E-state index in [-0.39, 0.29) is 6.07 Å². The third-order valence-electron chi connectivity index (χ3n) is 5.96. The average molecular weight is 546 g/mol. The molecule has 0 amide bonds. The molecular weight excluding hydrogens is 540 g/mol. The summed E-state index contributed by atoms with van der Waals surface area (Å²) in [6.07, 6.45) is 0. The van der Waals surface area contributed by atoms with Crippen LogP contribution in [-0.4, -0.2) is 0 Å². The highest BCUT2D eigenvalue weighted by Crippen LogP contribution is 2.49. The third kappa shape index (κ3) is 3.35. The van der Waals surface area contributed by atoms with Gasteiger partial charge in [0.25, 0.3) is 0 Å². The molecule has 0 spiro atoms. The first-order valence-corrected chi connectivity index (χ1v) is 10.2. The Hall–Kier alpha value is -4.22. The number of fused-ring (bicyclic) bond motifs is 2. The van der Waals surface area contributed by atoms with Crippen molar-refractivity contribution < 1.29 is 52.7 Å². The van der Waals surface area contributed by atoms with Gasteiger partial charge in [-0.05, 0) is 23.6 Å². The van der Waals surface area contributed by atoms with Crippen LogP contribution in [0.4, 0.5) is 52.7 Å². The number of benzene rings is 5. The minimum atomic E-state index is -2.65. The molecule has 0 aliphatic carbocycles. The van der Waals surface area contributed by atoms with E-state index >= 15 is 13.2 Å². The van der Waals surface area contributed by atoms with Crippen LogP contribution < -0.4 is 0 Å². The normalized spacial score (nSPS) is 11.7. The SMILES string of the molecule is Fc1ccc(-c2c3cccc(F)c3c(-c3c(F)c(F)c(F)c(F)c3F)c3c(F)c(F)c(F)c(F)c23)c(F)c1. The Balaban J connectivity index is 2.21. The van der Waals surface area contributed by atoms with Crippen molar-refractivity contribution in [1.29, 1.82) is 0 Å². The maximum absolute atomic E-state index is 15.3. The van der Waals surface area contributed by atoms with Gasteiger partial charge in [0.1, 0.15) is 17.5 Å². The largest absolute Gasteiger partial charge is 0.207 e. The minimum Gasteiger partial charge on any atom is -0.207 e. The first kappa shape index (κ1) is 25.4. The summed E-state index contributed by atoms with van der Waals surface area (Å²) in [4.78, 5) is 0. The molecule has 0 saturated carbocycles. The zero-order valence-corrected chi connectivity index (χ0v) is 18.0. The average Bonchev–Trinajstić information content (AvgIpc) is 2.88. The fourth-order valence-electron chi connectivity index (χ4n) is 4.39. The van der Waals surface area contributed by atoms with E-state index in [1.807, 2.05) is 0 Å². The first-order valence-electron chi connectivity index (χ1n) is 10.2. The molecule has 12 heteroatoms. The van der Waals surface area contributed by atoms with Gasteiger partial charge in [-0.1, -0.05) is 12.1 Å². The molecular formula is C26H6F12. The summed E-state index contributed by atoms with van der Waals surface area (Å²) in [6, 6.07) is 3.87. The molecule has 0 aromatic heterocycles. The molecule has 0 atom stereocenters. The summed E-state index contributed by atoms with van der Waals surface area (Å²) in [5.41, 5.74) is -5.30. The van der Waals surface area contributed by atoms with Gasteiger partial charge in [0, 0.05) is 38.9 Å². The molecule has 38 heavy (non-hydrogen) atoms. The van der Waals surface area contributed by atoms with E-state index < -0.39 is 114 Å². The van der Waals surface area contributed by atoms with Crippen molar-refractivity contribution >= 4 is 21.5 Å². The molecule has 5 aromatic rings. The summed E-state index contributed by atoms with van der Waals surface area (Å²) < 4.78 is 175. The Kier molecular flexibility index (Phi) is 5.80. The van der Waals surface area contributed by atoms with Gasteiger partial charge in [0.2, 0.25) is 5.82 Å². The van der Waals surface area contributed by atoms with Crippen molar-refractivity contribution in [3.63, 3.8) is 0 Å². The van der Waals surface area contributed by atoms with Crippen LogP contribution in [-0.2, 0) is 0 Å². The van der Waals surface area contributed by atoms with Crippen LogP contribution in [0.2, 0.25) is 0 Å². The number of rotatable bonds is 2. The van der Waals surface area contributed by atoms with Crippen molar-refractivity contribution in [3.05, 3.63) is 106 Å². The van der Waals surface area contributed by atoms with Gasteiger partial charge < -0.3 is 0 Å². The minimum absolute atomic E-state index is 0.262. The quantitative estimate of drug-likeness (QED) is 0.0898. The van der Waals surface area contributed by atoms with Crippen molar-refractivity contribution in [2.24, 2.45) is 0 Å². The Morgan fingerprint density at radius 3 is 1.42 bits per heavy atom. The molecule has 0 aliphatic heterocycles. The van der Waals surface area contributed by atoms with Crippen LogP contribution in [0.5, 0.6) is 0 Å². The van der Waals surface area contributed by atoms with E-state index in [1.54, 1.807) is 0 Å². The van der Waals surface area contributed by atoms with Gasteiger partial charge in [-0.3, -0.25) is 0 Å². The zero-order valence-electron chi connectivity index (χ0n) is 18.0. The number of hydrogen-bond acceptors (Lipinski definition) is 0. The summed E-state index contributed by atoms with van der Waals surface area (Å²) in [7, 11) is 0. The maximum Gasteiger partial charge on any atom is 0.200 e. The lowest BCUT2D eigenvalue weighted by Crippen LogP contribution is -2.08. The van der Waals surface area contributed by atoms with Crippen molar-refractivity contribution in [2.75, 3.05) is 0 Å². The van der Waals surface area contributed by atoms with Crippen LogP contribution >= 0.6 is 0 Å². The van der Waals surface area contributed by atoms with Gasteiger partial charge in [0.15, 0.2) is 46.5 Å². The molecule has 5 aromatic carbocycles. The smallest absolute Gasteiger partial charge is 0.200 e. The molecule has 0 bridgehead atoms. The van der Waals surface area contributed by atoms with Crippen LogP contribution in [0.1, 0.15) is 0 Å². The van der Waals surface area contributed by atoms with Gasteiger partial charge in [-0.25, -0.2) is 52.7 Å². The molecule has 0 N–H and O–H groups in total. The second-order valence-electron chi connectivity index (χ2n) is 7.99. The Labute approximate surface area is 203 Å². The number of hydrogen-bond donors (Lipinski definition) is 0. The van der Waals surface area contributed by atoms with Crippen LogP contribution in [0.3, 0.4) is 0 Å². The fourth-order valence-corrected chi connectivity index (χ4v) is 4.39. The van der Waals surface area contributed by atoms with E-state index in [9.17, 15) is 39.5 Å². The molecule has 5 rings (SSSR count). The standard InChI is InChI=1S/C26H6F12/c27-7-4-5-8(11(29)6-7)12-9-2-1-3-10(28)13(9)14(16-15(12)18(30)22(34)23(35)19(16)31)17-20(32)24(36)26(38)25(37)21(17)33/h1-6H. The predicted octanol–water partition coefficient (Wildman–Crippen LogP) is 9.00. The van der Waals surface area contributed by atoms with Crippen molar-refractivity contribution in [2.45, 2.75) is 0 Å². The summed E-state index contributed by atoms with van der Waals surface area (Å²) >= 11 is 0. The van der Waals surface area contributed by atoms with Gasteiger partial charge in [-0.15, -0.1) is 0 Å². The molecule has 194 valence electrons. The highest BCUT2D eigenvalue weighted by molar-refractivity contribution is 6.22. The van der Waals surface area contributed by atoms with E-state index in [4.69, 9.17) is 0 Å². The lowest BCUT2D eigenvalue weighted by Gasteiger charge is -2.20. The lowest BCUT2D eigenvalue weighted by atomic mass is 9.84. The van der Waals surface area contributed by atoms with E-state index in [1.165, 1.54) is 0 Å². The summed E-state index contributed by atoms with van der Waals surface area (Å²) in [6.45, 7) is 0. The van der Waals surface area contributed by atoms with Crippen molar-refractivity contribution in [1.82, 2.24) is 0 Å².